The predicted octanol–water partition coefficient (Wildman–Crippen LogP) is 15.0. The van der Waals surface area contributed by atoms with Crippen LogP contribution in [0.15, 0.2) is 0 Å². The van der Waals surface area contributed by atoms with Crippen LogP contribution in [0.3, 0.4) is 0 Å². The molecule has 1 aliphatic carbocycles. The van der Waals surface area contributed by atoms with Crippen LogP contribution >= 0.6 is 71.2 Å². The van der Waals surface area contributed by atoms with E-state index in [1.54, 1.807) is 75.0 Å². The van der Waals surface area contributed by atoms with Crippen LogP contribution in [0.1, 0.15) is 144 Å². The van der Waals surface area contributed by atoms with Crippen LogP contribution in [-0.2, 0) is 5.46 Å². The summed E-state index contributed by atoms with van der Waals surface area (Å²) < 4.78 is 0. The molecule has 243 valence electrons. The van der Waals surface area contributed by atoms with E-state index in [0.29, 0.717) is 0 Å². The molecular weight excluding hydrogens is 825 g/mol. The van der Waals surface area contributed by atoms with Crippen LogP contribution in [-0.4, -0.2) is 49.3 Å². The van der Waals surface area contributed by atoms with Crippen molar-refractivity contribution >= 4 is 71.2 Å². The third-order valence-electron chi connectivity index (χ3n) is 9.17. The molecule has 39 heavy (non-hydrogen) atoms. The average Bonchev–Trinajstić information content (AvgIpc) is 2.90. The standard InChI is InChI=1S/C32H68P2.4BrH.Co/c1-7-13-23-33(24-14-8-2,25-15-9-3)29-31-19-21-32(22-20-31)30-34(26-16-10-4,27-17-11-5)28-18-12-6;;;;;/h31-32H,7-30H2,1-6H3;4*1H;/q+2;;;;;+2/p-4. The normalized spacial score (nSPS) is 19.0. The van der Waals surface area contributed by atoms with E-state index in [9.17, 15) is 0 Å². The molecule has 0 unspecified atom stereocenters. The van der Waals surface area contributed by atoms with Gasteiger partial charge in [-0.2, -0.15) is 0 Å². The van der Waals surface area contributed by atoms with Gasteiger partial charge in [0.05, 0.1) is 49.3 Å². The van der Waals surface area contributed by atoms with Crippen molar-refractivity contribution in [3.63, 3.8) is 0 Å². The fraction of sp³-hybridized carbons (Fsp3) is 1.00. The maximum atomic E-state index is 3.23. The first-order chi connectivity index (χ1) is 18.5. The molecule has 1 aliphatic rings. The summed E-state index contributed by atoms with van der Waals surface area (Å²) in [6.45, 7) is 14.5. The Hall–Kier alpha value is 3.29. The minimum atomic E-state index is -1.12. The summed E-state index contributed by atoms with van der Waals surface area (Å²) in [5, 5.41) is 0. The molecule has 0 saturated heterocycles. The van der Waals surface area contributed by atoms with Crippen LogP contribution in [0.25, 0.3) is 0 Å². The monoisotopic (exact) mass is 889 g/mol. The second-order valence-electron chi connectivity index (χ2n) is 12.7. The molecular formula is C32H68Br4CoP2. The fourth-order valence-corrected chi connectivity index (χ4v) is 18.2. The molecule has 0 atom stereocenters. The van der Waals surface area contributed by atoms with Crippen molar-refractivity contribution in [3.8, 4) is 0 Å². The third kappa shape index (κ3) is 22.4. The topological polar surface area (TPSA) is 0 Å². The zero-order valence-electron chi connectivity index (χ0n) is 26.9. The number of unbranched alkanes of at least 4 members (excludes halogenated alkanes) is 6. The van der Waals surface area contributed by atoms with Gasteiger partial charge in [0.1, 0.15) is 0 Å². The van der Waals surface area contributed by atoms with Crippen LogP contribution in [0.5, 0.6) is 0 Å². The molecule has 0 spiro atoms. The van der Waals surface area contributed by atoms with Gasteiger partial charge in [-0.1, -0.05) is 80.1 Å². The molecule has 0 aromatic heterocycles. The Bertz CT molecular complexity index is 459. The van der Waals surface area contributed by atoms with Gasteiger partial charge in [-0.15, -0.1) is 0 Å². The molecule has 1 rings (SSSR count). The van der Waals surface area contributed by atoms with Crippen LogP contribution in [0.4, 0.5) is 0 Å². The summed E-state index contributed by atoms with van der Waals surface area (Å²) in [4.78, 5) is 0. The number of halogens is 4. The second-order valence-corrected chi connectivity index (χ2v) is 53.0. The van der Waals surface area contributed by atoms with Gasteiger partial charge in [0.15, 0.2) is 0 Å². The van der Waals surface area contributed by atoms with Gasteiger partial charge in [0, 0.05) is 14.5 Å². The van der Waals surface area contributed by atoms with Crippen molar-refractivity contribution in [2.45, 2.75) is 144 Å². The zero-order valence-corrected chi connectivity index (χ0v) is 36.0. The Labute approximate surface area is 279 Å². The molecule has 1 saturated carbocycles. The molecule has 0 aromatic rings. The van der Waals surface area contributed by atoms with Gasteiger partial charge in [-0.25, -0.2) is 0 Å². The summed E-state index contributed by atoms with van der Waals surface area (Å²) in [5.41, 5.74) is -1.12. The Kier molecular flexibility index (Phi) is 27.6. The van der Waals surface area contributed by atoms with Crippen molar-refractivity contribution in [3.05, 3.63) is 0 Å². The fourth-order valence-electron chi connectivity index (χ4n) is 6.87. The van der Waals surface area contributed by atoms with Gasteiger partial charge >= 0.3 is 62.1 Å². The summed E-state index contributed by atoms with van der Waals surface area (Å²) in [5.74, 6) is 2.18. The summed E-state index contributed by atoms with van der Waals surface area (Å²) in [7, 11) is -1.42. The van der Waals surface area contributed by atoms with E-state index in [0.717, 1.165) is 11.8 Å². The van der Waals surface area contributed by atoms with Gasteiger partial charge in [-0.05, 0) is 76.0 Å². The van der Waals surface area contributed by atoms with Crippen molar-refractivity contribution in [1.82, 2.24) is 0 Å². The molecule has 0 N–H and O–H groups in total. The molecule has 7 heteroatoms. The first-order valence-corrected chi connectivity index (χ1v) is 32.1. The second kappa shape index (κ2) is 25.5. The van der Waals surface area contributed by atoms with Crippen LogP contribution in [0, 0.1) is 11.8 Å². The molecule has 0 amide bonds. The first-order valence-electron chi connectivity index (χ1n) is 16.7. The third-order valence-corrected chi connectivity index (χ3v) is 19.3. The van der Waals surface area contributed by atoms with E-state index in [1.807, 2.05) is 0 Å². The van der Waals surface area contributed by atoms with E-state index in [2.05, 4.69) is 98.2 Å². The molecule has 0 aromatic carbocycles. The first kappa shape index (κ1) is 42.3. The summed E-state index contributed by atoms with van der Waals surface area (Å²) in [6.07, 6.45) is 37.0. The van der Waals surface area contributed by atoms with E-state index in [4.69, 9.17) is 0 Å². The van der Waals surface area contributed by atoms with Crippen LogP contribution in [0.2, 0.25) is 0 Å². The average molecular weight is 893 g/mol. The quantitative estimate of drug-likeness (QED) is 0.0950. The molecule has 0 heterocycles. The molecule has 0 radical (unpaired) electrons. The predicted molar refractivity (Wildman–Crippen MR) is 203 cm³/mol. The van der Waals surface area contributed by atoms with Gasteiger partial charge < -0.3 is 0 Å². The van der Waals surface area contributed by atoms with Crippen molar-refractivity contribution in [2.24, 2.45) is 11.8 Å². The zero-order chi connectivity index (χ0) is 29.6. The van der Waals surface area contributed by atoms with Crippen LogP contribution < -0.4 is 0 Å². The molecule has 0 bridgehead atoms. The number of hydrogen-bond donors (Lipinski definition) is 0. The maximum absolute atomic E-state index is 3.23. The Morgan fingerprint density at radius 3 is 0.769 bits per heavy atom. The van der Waals surface area contributed by atoms with Gasteiger partial charge in [0.2, 0.25) is 0 Å². The molecule has 1 fully saturated rings. The molecule has 0 aliphatic heterocycles. The Morgan fingerprint density at radius 2 is 0.615 bits per heavy atom. The van der Waals surface area contributed by atoms with Gasteiger partial charge in [0.25, 0.3) is 0 Å². The molecule has 0 nitrogen and oxygen atoms in total. The van der Waals surface area contributed by atoms with E-state index < -0.39 is 20.0 Å². The summed E-state index contributed by atoms with van der Waals surface area (Å²) in [6, 6.07) is 0. The minimum absolute atomic E-state index is 0.712. The van der Waals surface area contributed by atoms with E-state index >= 15 is 0 Å². The van der Waals surface area contributed by atoms with E-state index in [1.165, 1.54) is 77.0 Å². The number of hydrogen-bond acceptors (Lipinski definition) is 0. The Balaban J connectivity index is 0.00000263. The Morgan fingerprint density at radius 1 is 0.436 bits per heavy atom. The van der Waals surface area contributed by atoms with Crippen molar-refractivity contribution < 1.29 is 5.46 Å². The van der Waals surface area contributed by atoms with Gasteiger partial charge in [-0.3, -0.25) is 0 Å². The summed E-state index contributed by atoms with van der Waals surface area (Å²) >= 11 is 12.9. The van der Waals surface area contributed by atoms with Crippen molar-refractivity contribution in [2.75, 3.05) is 49.3 Å². The SMILES string of the molecule is CCCC[P+](CCCC)(CCCC)CC1CCC(C[P+](CCCC)(CCCC)CCCC)CC1.[Br][Co-2]([Br])([Br])[Br]. The van der Waals surface area contributed by atoms with Crippen molar-refractivity contribution in [1.29, 1.82) is 0 Å². The number of rotatable bonds is 22. The van der Waals surface area contributed by atoms with E-state index in [-0.39, 0.29) is 0 Å².